The molecule has 0 heterocycles. The Hall–Kier alpha value is -1.46. The van der Waals surface area contributed by atoms with Gasteiger partial charge in [-0.15, -0.1) is 0 Å². The van der Waals surface area contributed by atoms with Crippen LogP contribution in [0.25, 0.3) is 0 Å². The van der Waals surface area contributed by atoms with E-state index in [1.807, 2.05) is 30.3 Å². The van der Waals surface area contributed by atoms with Gasteiger partial charge in [0.1, 0.15) is 0 Å². The van der Waals surface area contributed by atoms with Crippen LogP contribution in [0.4, 0.5) is 0 Å². The summed E-state index contributed by atoms with van der Waals surface area (Å²) >= 11 is 3.33. The maximum absolute atomic E-state index is 12.1. The van der Waals surface area contributed by atoms with Gasteiger partial charge in [-0.1, -0.05) is 52.3 Å². The van der Waals surface area contributed by atoms with Crippen LogP contribution < -0.4 is 0 Å². The largest absolute Gasteiger partial charge is 0.478 e. The topological polar surface area (TPSA) is 54.4 Å². The van der Waals surface area contributed by atoms with Crippen LogP contribution in [0.3, 0.4) is 0 Å². The third kappa shape index (κ3) is 4.02. The van der Waals surface area contributed by atoms with E-state index in [2.05, 4.69) is 15.9 Å². The van der Waals surface area contributed by atoms with Gasteiger partial charge in [0.2, 0.25) is 0 Å². The molecule has 20 heavy (non-hydrogen) atoms. The molecule has 1 atom stereocenters. The second-order valence-electron chi connectivity index (χ2n) is 4.33. The van der Waals surface area contributed by atoms with Crippen LogP contribution >= 0.6 is 15.9 Å². The normalized spacial score (nSPS) is 12.1. The number of hydrogen-bond acceptors (Lipinski definition) is 2. The van der Waals surface area contributed by atoms with Crippen LogP contribution in [0.5, 0.6) is 0 Å². The molecule has 0 radical (unpaired) electrons. The van der Waals surface area contributed by atoms with Crippen LogP contribution in [0.1, 0.15) is 21.5 Å². The summed E-state index contributed by atoms with van der Waals surface area (Å²) in [6.45, 7) is 0. The lowest BCUT2D eigenvalue weighted by Gasteiger charge is -2.06. The molecule has 0 amide bonds. The number of carbonyl (C=O) groups is 1. The molecule has 2 aromatic rings. The first kappa shape index (κ1) is 14.9. The quantitative estimate of drug-likeness (QED) is 0.894. The second kappa shape index (κ2) is 6.81. The van der Waals surface area contributed by atoms with Gasteiger partial charge in [0.25, 0.3) is 0 Å². The second-order valence-corrected chi connectivity index (χ2v) is 6.64. The Balaban J connectivity index is 2.06. The number of hydrogen-bond donors (Lipinski definition) is 1. The Bertz CT molecular complexity index is 641. The summed E-state index contributed by atoms with van der Waals surface area (Å²) in [5.74, 6) is -0.0776. The average Bonchev–Trinajstić information content (AvgIpc) is 2.42. The maximum atomic E-state index is 12.1. The summed E-state index contributed by atoms with van der Waals surface area (Å²) in [5, 5.41) is 8.90. The number of aromatic carboxylic acids is 1. The molecule has 1 N–H and O–H groups in total. The summed E-state index contributed by atoms with van der Waals surface area (Å²) in [6, 6.07) is 14.4. The molecule has 0 bridgehead atoms. The molecule has 0 aromatic heterocycles. The van der Waals surface area contributed by atoms with E-state index in [-0.39, 0.29) is 5.56 Å². The van der Waals surface area contributed by atoms with E-state index in [1.54, 1.807) is 6.07 Å². The number of carboxylic acid groups (broad SMARTS) is 1. The average molecular weight is 353 g/mol. The molecule has 0 saturated heterocycles. The van der Waals surface area contributed by atoms with E-state index in [1.165, 1.54) is 12.1 Å². The smallest absolute Gasteiger partial charge is 0.335 e. The monoisotopic (exact) mass is 352 g/mol. The molecule has 0 fully saturated rings. The minimum Gasteiger partial charge on any atom is -0.478 e. The van der Waals surface area contributed by atoms with Gasteiger partial charge in [0.15, 0.2) is 0 Å². The number of carboxylic acids is 1. The summed E-state index contributed by atoms with van der Waals surface area (Å²) in [7, 11) is -1.03. The minimum atomic E-state index is -1.03. The summed E-state index contributed by atoms with van der Waals surface area (Å²) in [5.41, 5.74) is 2.10. The fourth-order valence-electron chi connectivity index (χ4n) is 1.78. The highest BCUT2D eigenvalue weighted by atomic mass is 79.9. The van der Waals surface area contributed by atoms with Gasteiger partial charge in [-0.2, -0.15) is 0 Å². The zero-order valence-electron chi connectivity index (χ0n) is 10.6. The van der Waals surface area contributed by atoms with Crippen molar-refractivity contribution in [2.75, 3.05) is 0 Å². The van der Waals surface area contributed by atoms with Crippen molar-refractivity contribution in [2.45, 2.75) is 11.5 Å². The van der Waals surface area contributed by atoms with Gasteiger partial charge in [0.05, 0.1) is 5.56 Å². The third-order valence-electron chi connectivity index (χ3n) is 2.79. The number of benzene rings is 2. The minimum absolute atomic E-state index is 0.217. The summed E-state index contributed by atoms with van der Waals surface area (Å²) < 4.78 is 12.8. The highest BCUT2D eigenvalue weighted by Gasteiger charge is 2.09. The van der Waals surface area contributed by atoms with E-state index in [4.69, 9.17) is 5.11 Å². The zero-order valence-corrected chi connectivity index (χ0v) is 13.0. The van der Waals surface area contributed by atoms with Crippen LogP contribution in [-0.4, -0.2) is 15.3 Å². The fraction of sp³-hybridized carbons (Fsp3) is 0.133. The first-order valence-corrected chi connectivity index (χ1v) is 8.25. The highest BCUT2D eigenvalue weighted by molar-refractivity contribution is 9.10. The maximum Gasteiger partial charge on any atom is 0.335 e. The van der Waals surface area contributed by atoms with Crippen LogP contribution in [0.15, 0.2) is 53.0 Å². The van der Waals surface area contributed by atoms with Crippen molar-refractivity contribution in [2.24, 2.45) is 0 Å². The fourth-order valence-corrected chi connectivity index (χ4v) is 3.75. The van der Waals surface area contributed by atoms with Gasteiger partial charge in [-0.25, -0.2) is 4.79 Å². The lowest BCUT2D eigenvalue weighted by Crippen LogP contribution is -2.02. The molecule has 0 aliphatic heterocycles. The van der Waals surface area contributed by atoms with Crippen LogP contribution in [0, 0.1) is 0 Å². The predicted octanol–water partition coefficient (Wildman–Crippen LogP) is 3.60. The lowest BCUT2D eigenvalue weighted by molar-refractivity contribution is 0.0697. The van der Waals surface area contributed by atoms with E-state index in [0.29, 0.717) is 16.0 Å². The van der Waals surface area contributed by atoms with Crippen molar-refractivity contribution in [1.82, 2.24) is 0 Å². The first-order valence-electron chi connectivity index (χ1n) is 5.97. The Kier molecular flexibility index (Phi) is 5.09. The molecule has 104 valence electrons. The summed E-state index contributed by atoms with van der Waals surface area (Å²) in [4.78, 5) is 10.8. The molecular weight excluding hydrogens is 340 g/mol. The molecule has 2 aromatic carbocycles. The van der Waals surface area contributed by atoms with Crippen LogP contribution in [-0.2, 0) is 22.3 Å². The van der Waals surface area contributed by atoms with Crippen molar-refractivity contribution in [3.05, 3.63) is 69.7 Å². The Morgan fingerprint density at radius 1 is 1.10 bits per heavy atom. The lowest BCUT2D eigenvalue weighted by atomic mass is 10.1. The Morgan fingerprint density at radius 2 is 1.80 bits per heavy atom. The molecule has 2 rings (SSSR count). The van der Waals surface area contributed by atoms with E-state index in [9.17, 15) is 9.00 Å². The van der Waals surface area contributed by atoms with Crippen molar-refractivity contribution >= 4 is 32.7 Å². The van der Waals surface area contributed by atoms with Crippen molar-refractivity contribution in [1.29, 1.82) is 0 Å². The van der Waals surface area contributed by atoms with Crippen LogP contribution in [0.2, 0.25) is 0 Å². The molecule has 5 heteroatoms. The van der Waals surface area contributed by atoms with Gasteiger partial charge in [-0.05, 0) is 23.3 Å². The van der Waals surface area contributed by atoms with Gasteiger partial charge in [0, 0.05) is 26.8 Å². The molecule has 0 aliphatic carbocycles. The first-order chi connectivity index (χ1) is 9.56. The van der Waals surface area contributed by atoms with Gasteiger partial charge >= 0.3 is 5.97 Å². The van der Waals surface area contributed by atoms with Crippen molar-refractivity contribution in [3.8, 4) is 0 Å². The predicted molar refractivity (Wildman–Crippen MR) is 83.1 cm³/mol. The zero-order chi connectivity index (χ0) is 14.5. The third-order valence-corrected chi connectivity index (χ3v) is 4.81. The molecule has 0 aliphatic rings. The molecule has 3 nitrogen and oxygen atoms in total. The van der Waals surface area contributed by atoms with Gasteiger partial charge < -0.3 is 5.11 Å². The van der Waals surface area contributed by atoms with E-state index in [0.717, 1.165) is 11.1 Å². The number of halogens is 1. The molecular formula is C15H13BrO3S. The summed E-state index contributed by atoms with van der Waals surface area (Å²) in [6.07, 6.45) is 0. The van der Waals surface area contributed by atoms with Crippen molar-refractivity contribution < 1.29 is 14.1 Å². The SMILES string of the molecule is O=C(O)c1ccc(CS(=O)Cc2ccccc2)c(Br)c1. The van der Waals surface area contributed by atoms with Gasteiger partial charge in [-0.3, -0.25) is 4.21 Å². The van der Waals surface area contributed by atoms with E-state index < -0.39 is 16.8 Å². The number of rotatable bonds is 5. The molecule has 0 saturated carbocycles. The molecule has 1 unspecified atom stereocenters. The highest BCUT2D eigenvalue weighted by Crippen LogP contribution is 2.21. The van der Waals surface area contributed by atoms with E-state index >= 15 is 0 Å². The standard InChI is InChI=1S/C15H13BrO3S/c16-14-8-12(15(17)18)6-7-13(14)10-20(19)9-11-4-2-1-3-5-11/h1-8H,9-10H2,(H,17,18). The Labute approximate surface area is 128 Å². The molecule has 0 spiro atoms. The van der Waals surface area contributed by atoms with Crippen molar-refractivity contribution in [3.63, 3.8) is 0 Å². The Morgan fingerprint density at radius 3 is 2.40 bits per heavy atom.